The molecule has 0 bridgehead atoms. The fourth-order valence-electron chi connectivity index (χ4n) is 1.55. The normalized spacial score (nSPS) is 27.1. The molecule has 1 saturated carbocycles. The van der Waals surface area contributed by atoms with Crippen LogP contribution in [0.1, 0.15) is 12.0 Å². The number of hydrogen-bond donors (Lipinski definition) is 1. The fraction of sp³-hybridized carbons (Fsp3) is 0.400. The molecule has 1 nitrogen and oxygen atoms in total. The van der Waals surface area contributed by atoms with Gasteiger partial charge in [0, 0.05) is 11.3 Å². The fourth-order valence-corrected chi connectivity index (χ4v) is 2.05. The summed E-state index contributed by atoms with van der Waals surface area (Å²) in [6.07, 6.45) is -0.388. The Labute approximate surface area is 94.0 Å². The van der Waals surface area contributed by atoms with Gasteiger partial charge in [-0.15, -0.1) is 0 Å². The highest BCUT2D eigenvalue weighted by Gasteiger charge is 2.69. The zero-order valence-electron chi connectivity index (χ0n) is 8.09. The lowest BCUT2D eigenvalue weighted by Crippen LogP contribution is -2.26. The van der Waals surface area contributed by atoms with Gasteiger partial charge in [-0.25, -0.2) is 8.78 Å². The van der Waals surface area contributed by atoms with Crippen molar-refractivity contribution in [3.05, 3.63) is 29.8 Å². The minimum atomic E-state index is -2.88. The molecular formula is C10H9F4NS. The first kappa shape index (κ1) is 11.7. The molecule has 88 valence electrons. The quantitative estimate of drug-likeness (QED) is 0.659. The summed E-state index contributed by atoms with van der Waals surface area (Å²) in [5.41, 5.74) is 4.17. The van der Waals surface area contributed by atoms with Crippen LogP contribution in [-0.2, 0) is 5.54 Å². The van der Waals surface area contributed by atoms with E-state index in [9.17, 15) is 17.6 Å². The van der Waals surface area contributed by atoms with Gasteiger partial charge in [0.05, 0.1) is 0 Å². The molecule has 0 aromatic heterocycles. The summed E-state index contributed by atoms with van der Waals surface area (Å²) in [5.74, 6) is -5.40. The molecule has 0 radical (unpaired) electrons. The van der Waals surface area contributed by atoms with E-state index >= 15 is 0 Å². The Bertz CT molecular complexity index is 392. The Morgan fingerprint density at radius 1 is 1.19 bits per heavy atom. The van der Waals surface area contributed by atoms with Crippen LogP contribution in [0.4, 0.5) is 17.6 Å². The number of alkyl halides is 4. The van der Waals surface area contributed by atoms with E-state index in [0.29, 0.717) is 16.7 Å². The van der Waals surface area contributed by atoms with Gasteiger partial charge in [-0.2, -0.15) is 8.78 Å². The predicted octanol–water partition coefficient (Wildman–Crippen LogP) is 3.19. The lowest BCUT2D eigenvalue weighted by Gasteiger charge is -2.11. The lowest BCUT2D eigenvalue weighted by molar-refractivity contribution is 0.0891. The summed E-state index contributed by atoms with van der Waals surface area (Å²) >= 11 is 0.376. The largest absolute Gasteiger partial charge is 0.316 e. The summed E-state index contributed by atoms with van der Waals surface area (Å²) in [7, 11) is 0. The van der Waals surface area contributed by atoms with Crippen LogP contribution >= 0.6 is 11.8 Å². The van der Waals surface area contributed by atoms with E-state index < -0.39 is 17.2 Å². The van der Waals surface area contributed by atoms with E-state index in [-0.39, 0.29) is 12.0 Å². The Balaban J connectivity index is 2.15. The Hall–Kier alpha value is -0.750. The van der Waals surface area contributed by atoms with E-state index in [0.717, 1.165) is 0 Å². The maximum absolute atomic E-state index is 12.9. The van der Waals surface area contributed by atoms with Crippen molar-refractivity contribution >= 4 is 11.8 Å². The molecule has 1 aromatic rings. The molecule has 0 aliphatic heterocycles. The average Bonchev–Trinajstić information content (AvgIpc) is 2.67. The maximum atomic E-state index is 12.9. The number of thioether (sulfide) groups is 1. The predicted molar refractivity (Wildman–Crippen MR) is 53.7 cm³/mol. The van der Waals surface area contributed by atoms with Gasteiger partial charge in [0.2, 0.25) is 0 Å². The number of halogens is 4. The number of rotatable bonds is 3. The van der Waals surface area contributed by atoms with Gasteiger partial charge in [0.15, 0.2) is 0 Å². The molecule has 1 aromatic carbocycles. The van der Waals surface area contributed by atoms with Crippen molar-refractivity contribution < 1.29 is 17.6 Å². The van der Waals surface area contributed by atoms with Crippen LogP contribution in [0.15, 0.2) is 29.2 Å². The maximum Gasteiger partial charge on any atom is 0.288 e. The van der Waals surface area contributed by atoms with Crippen LogP contribution in [0.2, 0.25) is 0 Å². The van der Waals surface area contributed by atoms with Crippen LogP contribution in [0.25, 0.3) is 0 Å². The molecule has 1 aliphatic carbocycles. The third-order valence-electron chi connectivity index (χ3n) is 2.62. The second kappa shape index (κ2) is 3.63. The van der Waals surface area contributed by atoms with Crippen molar-refractivity contribution in [3.63, 3.8) is 0 Å². The van der Waals surface area contributed by atoms with Crippen LogP contribution in [0, 0.1) is 0 Å². The van der Waals surface area contributed by atoms with E-state index in [1.807, 2.05) is 0 Å². The highest BCUT2D eigenvalue weighted by molar-refractivity contribution is 7.99. The van der Waals surface area contributed by atoms with Crippen LogP contribution in [0.5, 0.6) is 0 Å². The SMILES string of the molecule is NC1(c2ccc(SC(F)F)cc2)CC1(F)F. The summed E-state index contributed by atoms with van der Waals surface area (Å²) in [6.45, 7) is 0. The third kappa shape index (κ3) is 1.91. The van der Waals surface area contributed by atoms with Crippen molar-refractivity contribution in [1.82, 2.24) is 0 Å². The van der Waals surface area contributed by atoms with Gasteiger partial charge >= 0.3 is 0 Å². The molecule has 2 N–H and O–H groups in total. The molecule has 2 rings (SSSR count). The van der Waals surface area contributed by atoms with Gasteiger partial charge in [0.25, 0.3) is 11.7 Å². The Morgan fingerprint density at radius 3 is 2.06 bits per heavy atom. The molecule has 1 unspecified atom stereocenters. The summed E-state index contributed by atoms with van der Waals surface area (Å²) in [4.78, 5) is 0.339. The first-order chi connectivity index (χ1) is 7.35. The Morgan fingerprint density at radius 2 is 1.69 bits per heavy atom. The van der Waals surface area contributed by atoms with Gasteiger partial charge < -0.3 is 5.73 Å². The van der Waals surface area contributed by atoms with Crippen molar-refractivity contribution in [2.45, 2.75) is 28.5 Å². The smallest absolute Gasteiger partial charge is 0.288 e. The van der Waals surface area contributed by atoms with Crippen LogP contribution in [-0.4, -0.2) is 11.7 Å². The number of nitrogens with two attached hydrogens (primary N) is 1. The molecule has 1 fully saturated rings. The van der Waals surface area contributed by atoms with Crippen LogP contribution < -0.4 is 5.73 Å². The molecule has 0 heterocycles. The van der Waals surface area contributed by atoms with Gasteiger partial charge in [0.1, 0.15) is 5.54 Å². The van der Waals surface area contributed by atoms with E-state index in [4.69, 9.17) is 5.73 Å². The molecule has 16 heavy (non-hydrogen) atoms. The van der Waals surface area contributed by atoms with Crippen molar-refractivity contribution in [1.29, 1.82) is 0 Å². The molecule has 1 atom stereocenters. The summed E-state index contributed by atoms with van der Waals surface area (Å²) < 4.78 is 49.9. The summed E-state index contributed by atoms with van der Waals surface area (Å²) in [5, 5.41) is 0. The second-order valence-corrected chi connectivity index (χ2v) is 4.82. The first-order valence-corrected chi connectivity index (χ1v) is 5.45. The van der Waals surface area contributed by atoms with Crippen LogP contribution in [0.3, 0.4) is 0 Å². The standard InChI is InChI=1S/C10H9F4NS/c11-8(12)16-7-3-1-6(2-4-7)9(15)5-10(9,13)14/h1-4,8H,5,15H2. The molecule has 0 amide bonds. The van der Waals surface area contributed by atoms with E-state index in [1.54, 1.807) is 0 Å². The average molecular weight is 251 g/mol. The monoisotopic (exact) mass is 251 g/mol. The van der Waals surface area contributed by atoms with Crippen molar-refractivity contribution in [2.24, 2.45) is 5.73 Å². The highest BCUT2D eigenvalue weighted by Crippen LogP contribution is 2.57. The molecule has 6 heteroatoms. The van der Waals surface area contributed by atoms with Gasteiger partial charge in [-0.1, -0.05) is 23.9 Å². The van der Waals surface area contributed by atoms with E-state index in [2.05, 4.69) is 0 Å². The second-order valence-electron chi connectivity index (χ2n) is 3.76. The molecular weight excluding hydrogens is 242 g/mol. The Kier molecular flexibility index (Phi) is 2.66. The van der Waals surface area contributed by atoms with Gasteiger partial charge in [-0.05, 0) is 17.7 Å². The minimum absolute atomic E-state index is 0.288. The third-order valence-corrected chi connectivity index (χ3v) is 3.35. The highest BCUT2D eigenvalue weighted by atomic mass is 32.2. The van der Waals surface area contributed by atoms with Gasteiger partial charge in [-0.3, -0.25) is 0 Å². The number of benzene rings is 1. The zero-order chi connectivity index (χ0) is 12.0. The summed E-state index contributed by atoms with van der Waals surface area (Å²) in [6, 6.07) is 5.53. The van der Waals surface area contributed by atoms with E-state index in [1.165, 1.54) is 24.3 Å². The van der Waals surface area contributed by atoms with Crippen molar-refractivity contribution in [2.75, 3.05) is 0 Å². The molecule has 0 saturated heterocycles. The minimum Gasteiger partial charge on any atom is -0.316 e. The molecule has 1 aliphatic rings. The molecule has 0 spiro atoms. The number of hydrogen-bond acceptors (Lipinski definition) is 2. The zero-order valence-corrected chi connectivity index (χ0v) is 8.91. The topological polar surface area (TPSA) is 26.0 Å². The lowest BCUT2D eigenvalue weighted by atomic mass is 10.1. The first-order valence-electron chi connectivity index (χ1n) is 4.57. The van der Waals surface area contributed by atoms with Crippen molar-refractivity contribution in [3.8, 4) is 0 Å².